The maximum Gasteiger partial charge on any atom is 0.297 e. The van der Waals surface area contributed by atoms with E-state index in [-0.39, 0.29) is 27.6 Å². The Bertz CT molecular complexity index is 1080. The largest absolute Gasteiger partial charge is 0.389 e. The molecule has 5 rings (SSSR count). The topological polar surface area (TPSA) is 80.7 Å². The van der Waals surface area contributed by atoms with E-state index < -0.39 is 22.3 Å². The van der Waals surface area contributed by atoms with E-state index in [1.807, 2.05) is 19.1 Å². The third-order valence-electron chi connectivity index (χ3n) is 9.33. The number of rotatable bonds is 3. The first kappa shape index (κ1) is 22.3. The third-order valence-corrected chi connectivity index (χ3v) is 10.7. The Morgan fingerprint density at radius 1 is 1.06 bits per heavy atom. The van der Waals surface area contributed by atoms with Crippen molar-refractivity contribution in [2.75, 3.05) is 0 Å². The van der Waals surface area contributed by atoms with Gasteiger partial charge in [-0.15, -0.1) is 0 Å². The molecule has 0 aromatic heterocycles. The second-order valence-electron chi connectivity index (χ2n) is 11.0. The highest BCUT2D eigenvalue weighted by molar-refractivity contribution is 7.86. The van der Waals surface area contributed by atoms with Crippen LogP contribution >= 0.6 is 0 Å². The van der Waals surface area contributed by atoms with Crippen LogP contribution in [-0.4, -0.2) is 31.5 Å². The molecule has 0 saturated heterocycles. The Morgan fingerprint density at radius 3 is 2.53 bits per heavy atom. The summed E-state index contributed by atoms with van der Waals surface area (Å²) in [4.78, 5) is 12.8. The first-order chi connectivity index (χ1) is 15.0. The van der Waals surface area contributed by atoms with Gasteiger partial charge in [-0.2, -0.15) is 8.42 Å². The van der Waals surface area contributed by atoms with Crippen LogP contribution in [0.1, 0.15) is 64.4 Å². The van der Waals surface area contributed by atoms with E-state index >= 15 is 0 Å². The highest BCUT2D eigenvalue weighted by Gasteiger charge is 2.60. The van der Waals surface area contributed by atoms with Crippen LogP contribution in [-0.2, 0) is 19.1 Å². The number of aliphatic hydroxyl groups is 1. The fraction of sp³-hybridized carbons (Fsp3) is 0.654. The van der Waals surface area contributed by atoms with Crippen molar-refractivity contribution in [3.63, 3.8) is 0 Å². The molecule has 0 spiro atoms. The fourth-order valence-corrected chi connectivity index (χ4v) is 8.68. The zero-order valence-electron chi connectivity index (χ0n) is 19.2. The van der Waals surface area contributed by atoms with Crippen molar-refractivity contribution in [2.24, 2.45) is 28.6 Å². The van der Waals surface area contributed by atoms with Crippen molar-refractivity contribution in [1.82, 2.24) is 0 Å². The summed E-state index contributed by atoms with van der Waals surface area (Å²) in [7, 11) is -3.83. The average Bonchev–Trinajstić information content (AvgIpc) is 3.04. The summed E-state index contributed by atoms with van der Waals surface area (Å²) in [5, 5.41) is 11.2. The Kier molecular flexibility index (Phi) is 5.23. The van der Waals surface area contributed by atoms with Gasteiger partial charge in [0.15, 0.2) is 0 Å². The number of carbonyl (C=O) groups is 1. The van der Waals surface area contributed by atoms with Gasteiger partial charge in [0.05, 0.1) is 17.1 Å². The van der Waals surface area contributed by atoms with Gasteiger partial charge in [0.2, 0.25) is 0 Å². The summed E-state index contributed by atoms with van der Waals surface area (Å²) in [6, 6.07) is 6.81. The number of fused-ring (bicyclic) bond motifs is 5. The van der Waals surface area contributed by atoms with Crippen molar-refractivity contribution in [2.45, 2.75) is 82.8 Å². The van der Waals surface area contributed by atoms with Crippen LogP contribution in [0.3, 0.4) is 0 Å². The van der Waals surface area contributed by atoms with Crippen LogP contribution in [0.25, 0.3) is 0 Å². The lowest BCUT2D eigenvalue weighted by Gasteiger charge is -2.58. The Labute approximate surface area is 191 Å². The Hall–Kier alpha value is -1.50. The first-order valence-electron chi connectivity index (χ1n) is 12.0. The molecule has 4 aliphatic carbocycles. The number of hydrogen-bond acceptors (Lipinski definition) is 5. The summed E-state index contributed by atoms with van der Waals surface area (Å²) in [5.74, 6) is 1.05. The van der Waals surface area contributed by atoms with Gasteiger partial charge < -0.3 is 5.11 Å². The van der Waals surface area contributed by atoms with Gasteiger partial charge in [0.25, 0.3) is 10.1 Å². The van der Waals surface area contributed by atoms with Crippen LogP contribution in [0, 0.1) is 35.5 Å². The van der Waals surface area contributed by atoms with Crippen LogP contribution in [0.5, 0.6) is 0 Å². The molecule has 0 radical (unpaired) electrons. The summed E-state index contributed by atoms with van der Waals surface area (Å²) < 4.78 is 31.4. The van der Waals surface area contributed by atoms with Gasteiger partial charge in [-0.25, -0.2) is 0 Å². The number of benzene rings is 1. The quantitative estimate of drug-likeness (QED) is 0.530. The van der Waals surface area contributed by atoms with Crippen molar-refractivity contribution in [3.8, 4) is 0 Å². The Morgan fingerprint density at radius 2 is 1.78 bits per heavy atom. The van der Waals surface area contributed by atoms with Crippen LogP contribution < -0.4 is 0 Å². The standard InChI is InChI=1S/C26H34O5S/c1-16-5-4-6-19(13-16)32(29,30)31-18-9-11-25(2)17(14-18)15-22(27)24-20-7-8-23(28)26(20,3)12-10-21(24)25/h4-6,13,15,18,20-22,24,27H,7-12,14H2,1-3H3/t18-,20-,21-,22+,24-,25-,26-/m0/s1. The van der Waals surface area contributed by atoms with Gasteiger partial charge in [-0.3, -0.25) is 8.98 Å². The minimum Gasteiger partial charge on any atom is -0.389 e. The number of aliphatic hydroxyl groups excluding tert-OH is 1. The third kappa shape index (κ3) is 3.33. The molecule has 0 aliphatic heterocycles. The number of aryl methyl sites for hydroxylation is 1. The van der Waals surface area contributed by atoms with E-state index in [0.717, 1.165) is 36.8 Å². The lowest BCUT2D eigenvalue weighted by Crippen LogP contribution is -2.54. The molecule has 7 atom stereocenters. The van der Waals surface area contributed by atoms with E-state index in [9.17, 15) is 18.3 Å². The molecular weight excluding hydrogens is 424 g/mol. The number of hydrogen-bond donors (Lipinski definition) is 1. The average molecular weight is 459 g/mol. The number of carbonyl (C=O) groups excluding carboxylic acids is 1. The molecule has 1 N–H and O–H groups in total. The van der Waals surface area contributed by atoms with E-state index in [4.69, 9.17) is 4.18 Å². The molecule has 174 valence electrons. The number of ketones is 1. The summed E-state index contributed by atoms with van der Waals surface area (Å²) in [6.45, 7) is 6.26. The first-order valence-corrected chi connectivity index (χ1v) is 13.4. The predicted molar refractivity (Wildman–Crippen MR) is 121 cm³/mol. The lowest BCUT2D eigenvalue weighted by molar-refractivity contribution is -0.135. The minimum atomic E-state index is -3.83. The highest BCUT2D eigenvalue weighted by Crippen LogP contribution is 2.64. The van der Waals surface area contributed by atoms with Gasteiger partial charge >= 0.3 is 0 Å². The molecule has 3 saturated carbocycles. The van der Waals surface area contributed by atoms with Crippen LogP contribution in [0.15, 0.2) is 40.8 Å². The van der Waals surface area contributed by atoms with Crippen LogP contribution in [0.4, 0.5) is 0 Å². The lowest BCUT2D eigenvalue weighted by atomic mass is 9.47. The molecule has 3 fully saturated rings. The molecule has 32 heavy (non-hydrogen) atoms. The van der Waals surface area contributed by atoms with E-state index in [2.05, 4.69) is 13.8 Å². The maximum atomic E-state index is 12.9. The monoisotopic (exact) mass is 458 g/mol. The molecule has 0 heterocycles. The van der Waals surface area contributed by atoms with Gasteiger partial charge in [-0.1, -0.05) is 37.6 Å². The molecule has 6 heteroatoms. The summed E-state index contributed by atoms with van der Waals surface area (Å²) in [5.41, 5.74) is 1.66. The number of Topliss-reactive ketones (excluding diaryl/α,β-unsaturated/α-hetero) is 1. The summed E-state index contributed by atoms with van der Waals surface area (Å²) >= 11 is 0. The van der Waals surface area contributed by atoms with Gasteiger partial charge in [-0.05, 0) is 86.3 Å². The molecule has 5 nitrogen and oxygen atoms in total. The van der Waals surface area contributed by atoms with Crippen molar-refractivity contribution >= 4 is 15.9 Å². The van der Waals surface area contributed by atoms with E-state index in [1.54, 1.807) is 18.2 Å². The maximum absolute atomic E-state index is 12.9. The highest BCUT2D eigenvalue weighted by atomic mass is 32.2. The molecule has 0 amide bonds. The molecule has 1 aromatic carbocycles. The molecule has 1 aromatic rings. The van der Waals surface area contributed by atoms with Gasteiger partial charge in [0, 0.05) is 11.8 Å². The zero-order valence-corrected chi connectivity index (χ0v) is 20.0. The minimum absolute atomic E-state index is 0.0657. The Balaban J connectivity index is 1.39. The normalized spacial score (nSPS) is 41.4. The van der Waals surface area contributed by atoms with Crippen LogP contribution in [0.2, 0.25) is 0 Å². The molecule has 4 aliphatic rings. The van der Waals surface area contributed by atoms with E-state index in [1.165, 1.54) is 0 Å². The van der Waals surface area contributed by atoms with Gasteiger partial charge in [0.1, 0.15) is 5.78 Å². The smallest absolute Gasteiger partial charge is 0.297 e. The SMILES string of the molecule is Cc1cccc(S(=O)(=O)O[C@H]2CC[C@@]3(C)C(=C[C@@H](O)[C@@H]4[C@@H]3CC[C@]3(C)C(=O)CC[C@@H]43)C2)c1. The molecule has 0 unspecified atom stereocenters. The predicted octanol–water partition coefficient (Wildman–Crippen LogP) is 4.57. The zero-order chi connectivity index (χ0) is 22.9. The van der Waals surface area contributed by atoms with Crippen molar-refractivity contribution in [1.29, 1.82) is 0 Å². The molecular formula is C26H34O5S. The molecule has 0 bridgehead atoms. The van der Waals surface area contributed by atoms with Crippen molar-refractivity contribution in [3.05, 3.63) is 41.5 Å². The second-order valence-corrected chi connectivity index (χ2v) is 12.6. The van der Waals surface area contributed by atoms with Crippen molar-refractivity contribution < 1.29 is 22.5 Å². The second kappa shape index (κ2) is 7.51. The fourth-order valence-electron chi connectivity index (χ4n) is 7.48. The summed E-state index contributed by atoms with van der Waals surface area (Å²) in [6.07, 6.45) is 6.40. The van der Waals surface area contributed by atoms with E-state index in [0.29, 0.717) is 31.0 Å².